The van der Waals surface area contributed by atoms with Crippen LogP contribution < -0.4 is 14.4 Å². The number of ether oxygens (including phenoxy) is 1. The van der Waals surface area contributed by atoms with E-state index in [0.717, 1.165) is 22.5 Å². The van der Waals surface area contributed by atoms with Crippen LogP contribution in [-0.2, 0) is 22.6 Å². The number of aromatic carboxylic acids is 1. The van der Waals surface area contributed by atoms with Gasteiger partial charge in [0.25, 0.3) is 15.9 Å². The van der Waals surface area contributed by atoms with Crippen molar-refractivity contribution in [2.24, 2.45) is 0 Å². The number of benzene rings is 3. The fourth-order valence-electron chi connectivity index (χ4n) is 3.86. The fraction of sp³-hybridized carbons (Fsp3) is 0.167. The Morgan fingerprint density at radius 1 is 1.03 bits per heavy atom. The number of carboxylic acids is 1. The van der Waals surface area contributed by atoms with Crippen molar-refractivity contribution < 1.29 is 41.0 Å². The van der Waals surface area contributed by atoms with E-state index >= 15 is 0 Å². The van der Waals surface area contributed by atoms with Crippen LogP contribution >= 0.6 is 0 Å². The molecule has 0 saturated carbocycles. The highest BCUT2D eigenvalue weighted by atomic mass is 32.2. The summed E-state index contributed by atoms with van der Waals surface area (Å²) in [5.41, 5.74) is -0.101. The molecule has 3 aromatic rings. The number of nitrogens with one attached hydrogen (secondary N) is 1. The average Bonchev–Trinajstić information content (AvgIpc) is 3.28. The van der Waals surface area contributed by atoms with Gasteiger partial charge >= 0.3 is 12.1 Å². The van der Waals surface area contributed by atoms with E-state index < -0.39 is 38.5 Å². The fourth-order valence-corrected chi connectivity index (χ4v) is 5.40. The van der Waals surface area contributed by atoms with Gasteiger partial charge in [0.1, 0.15) is 5.75 Å². The van der Waals surface area contributed by atoms with E-state index in [-0.39, 0.29) is 35.5 Å². The number of anilines is 2. The smallest absolute Gasteiger partial charge is 0.416 e. The number of fused-ring (bicyclic) bond motifs is 1. The van der Waals surface area contributed by atoms with Crippen LogP contribution in [-0.4, -0.2) is 39.1 Å². The lowest BCUT2D eigenvalue weighted by atomic mass is 10.1. The monoisotopic (exact) mass is 520 g/mol. The zero-order chi connectivity index (χ0) is 26.3. The molecule has 0 radical (unpaired) electrons. The molecule has 4 rings (SSSR count). The van der Waals surface area contributed by atoms with Crippen molar-refractivity contribution in [3.05, 3.63) is 82.9 Å². The second kappa shape index (κ2) is 9.19. The molecule has 1 amide bonds. The van der Waals surface area contributed by atoms with Crippen LogP contribution in [0, 0.1) is 0 Å². The number of hydrogen-bond donors (Lipinski definition) is 2. The third kappa shape index (κ3) is 4.71. The number of carbonyl (C=O) groups excluding carboxylic acids is 1. The van der Waals surface area contributed by atoms with Gasteiger partial charge in [-0.2, -0.15) is 13.2 Å². The zero-order valence-electron chi connectivity index (χ0n) is 18.7. The number of halogens is 3. The van der Waals surface area contributed by atoms with E-state index in [0.29, 0.717) is 17.3 Å². The van der Waals surface area contributed by atoms with Gasteiger partial charge in [-0.15, -0.1) is 0 Å². The molecule has 1 aliphatic rings. The summed E-state index contributed by atoms with van der Waals surface area (Å²) in [6, 6.07) is 11.6. The van der Waals surface area contributed by atoms with Crippen LogP contribution in [0.4, 0.5) is 24.5 Å². The molecular formula is C24H19F3N2O6S. The number of sulfonamides is 1. The number of rotatable bonds is 6. The lowest BCUT2D eigenvalue weighted by Gasteiger charge is -2.21. The maximum atomic E-state index is 13.3. The molecule has 0 unspecified atom stereocenters. The normalized spacial score (nSPS) is 13.3. The first-order valence-corrected chi connectivity index (χ1v) is 11.9. The summed E-state index contributed by atoms with van der Waals surface area (Å²) in [6.07, 6.45) is -4.49. The minimum atomic E-state index is -4.72. The highest BCUT2D eigenvalue weighted by Crippen LogP contribution is 2.40. The van der Waals surface area contributed by atoms with Crippen LogP contribution in [0.5, 0.6) is 5.75 Å². The molecule has 1 heterocycles. The summed E-state index contributed by atoms with van der Waals surface area (Å²) in [6.45, 7) is -0.0496. The van der Waals surface area contributed by atoms with Crippen LogP contribution in [0.3, 0.4) is 0 Å². The zero-order valence-corrected chi connectivity index (χ0v) is 19.5. The second-order valence-corrected chi connectivity index (χ2v) is 9.73. The van der Waals surface area contributed by atoms with Crippen LogP contribution in [0.25, 0.3) is 0 Å². The van der Waals surface area contributed by atoms with Crippen molar-refractivity contribution in [2.75, 3.05) is 23.3 Å². The van der Waals surface area contributed by atoms with Gasteiger partial charge < -0.3 is 15.2 Å². The number of amides is 1. The molecule has 0 spiro atoms. The maximum Gasteiger partial charge on any atom is 0.416 e. The topological polar surface area (TPSA) is 113 Å². The molecular weight excluding hydrogens is 501 g/mol. The lowest BCUT2D eigenvalue weighted by Crippen LogP contribution is -2.29. The number of carboxylic acid groups (broad SMARTS) is 1. The molecule has 8 nitrogen and oxygen atoms in total. The van der Waals surface area contributed by atoms with Gasteiger partial charge in [-0.25, -0.2) is 13.2 Å². The third-order valence-corrected chi connectivity index (χ3v) is 7.45. The molecule has 0 atom stereocenters. The predicted molar refractivity (Wildman–Crippen MR) is 124 cm³/mol. The highest BCUT2D eigenvalue weighted by molar-refractivity contribution is 7.92. The Kier molecular flexibility index (Phi) is 6.39. The molecule has 2 N–H and O–H groups in total. The SMILES string of the molecule is COc1cc(C(=O)Nc2ccc(C(=O)O)cc2)cc2c1CCN2S(=O)(=O)c1cccc(C(F)(F)F)c1. The summed E-state index contributed by atoms with van der Waals surface area (Å²) >= 11 is 0. The standard InChI is InChI=1S/C24H19F3N2O6S/c1-35-21-12-15(22(30)28-17-7-5-14(6-8-17)23(31)32)11-20-19(21)9-10-29(20)36(33,34)18-4-2-3-16(13-18)24(25,26)27/h2-8,11-13H,9-10H2,1H3,(H,28,30)(H,31,32). The first-order valence-electron chi connectivity index (χ1n) is 10.5. The molecule has 0 saturated heterocycles. The summed E-state index contributed by atoms with van der Waals surface area (Å²) in [7, 11) is -3.03. The van der Waals surface area contributed by atoms with Gasteiger partial charge in [0.15, 0.2) is 0 Å². The molecule has 3 aromatic carbocycles. The van der Waals surface area contributed by atoms with Crippen LogP contribution in [0.1, 0.15) is 31.8 Å². The quantitative estimate of drug-likeness (QED) is 0.498. The molecule has 12 heteroatoms. The van der Waals surface area contributed by atoms with Crippen LogP contribution in [0.2, 0.25) is 0 Å². The third-order valence-electron chi connectivity index (χ3n) is 5.64. The van der Waals surface area contributed by atoms with E-state index in [1.54, 1.807) is 0 Å². The minimum absolute atomic E-state index is 0.0302. The molecule has 36 heavy (non-hydrogen) atoms. The molecule has 1 aliphatic heterocycles. The Morgan fingerprint density at radius 2 is 1.72 bits per heavy atom. The first kappa shape index (κ1) is 25.0. The van der Waals surface area contributed by atoms with E-state index in [9.17, 15) is 31.2 Å². The highest BCUT2D eigenvalue weighted by Gasteiger charge is 2.36. The summed E-state index contributed by atoms with van der Waals surface area (Å²) in [5.74, 6) is -1.50. The van der Waals surface area contributed by atoms with Gasteiger partial charge in [-0.05, 0) is 61.0 Å². The van der Waals surface area contributed by atoms with E-state index in [4.69, 9.17) is 9.84 Å². The number of hydrogen-bond acceptors (Lipinski definition) is 5. The second-order valence-electron chi connectivity index (χ2n) is 7.87. The van der Waals surface area contributed by atoms with E-state index in [2.05, 4.69) is 5.32 Å². The van der Waals surface area contributed by atoms with E-state index in [1.165, 1.54) is 43.5 Å². The number of methoxy groups -OCH3 is 1. The average molecular weight is 520 g/mol. The summed E-state index contributed by atoms with van der Waals surface area (Å²) in [5, 5.41) is 11.6. The van der Waals surface area contributed by atoms with Crippen molar-refractivity contribution in [3.63, 3.8) is 0 Å². The number of alkyl halides is 3. The Bertz CT molecular complexity index is 1450. The van der Waals surface area contributed by atoms with Gasteiger partial charge in [-0.1, -0.05) is 6.07 Å². The van der Waals surface area contributed by atoms with Crippen molar-refractivity contribution >= 4 is 33.3 Å². The molecule has 0 aliphatic carbocycles. The minimum Gasteiger partial charge on any atom is -0.496 e. The molecule has 188 valence electrons. The van der Waals surface area contributed by atoms with Crippen LogP contribution in [0.15, 0.2) is 65.6 Å². The van der Waals surface area contributed by atoms with Gasteiger partial charge in [0.2, 0.25) is 0 Å². The molecule has 0 fully saturated rings. The Morgan fingerprint density at radius 3 is 2.33 bits per heavy atom. The van der Waals surface area contributed by atoms with Crippen molar-refractivity contribution in [1.82, 2.24) is 0 Å². The Labute approximate surface area is 204 Å². The maximum absolute atomic E-state index is 13.3. The number of carbonyl (C=O) groups is 2. The Balaban J connectivity index is 1.69. The molecule has 0 bridgehead atoms. The first-order chi connectivity index (χ1) is 16.9. The summed E-state index contributed by atoms with van der Waals surface area (Å²) < 4.78 is 72.4. The Hall–Kier alpha value is -4.06. The summed E-state index contributed by atoms with van der Waals surface area (Å²) in [4.78, 5) is 23.4. The van der Waals surface area contributed by atoms with E-state index in [1.807, 2.05) is 0 Å². The largest absolute Gasteiger partial charge is 0.496 e. The van der Waals surface area contributed by atoms with Crippen molar-refractivity contribution in [1.29, 1.82) is 0 Å². The lowest BCUT2D eigenvalue weighted by molar-refractivity contribution is -0.137. The van der Waals surface area contributed by atoms with Crippen molar-refractivity contribution in [3.8, 4) is 5.75 Å². The van der Waals surface area contributed by atoms with Gasteiger partial charge in [-0.3, -0.25) is 9.10 Å². The van der Waals surface area contributed by atoms with Crippen molar-refractivity contribution in [2.45, 2.75) is 17.5 Å². The number of nitrogens with zero attached hydrogens (tertiary/aromatic N) is 1. The van der Waals surface area contributed by atoms with Gasteiger partial charge in [0, 0.05) is 23.4 Å². The van der Waals surface area contributed by atoms with Gasteiger partial charge in [0.05, 0.1) is 28.8 Å². The predicted octanol–water partition coefficient (Wildman–Crippen LogP) is 4.42. The molecule has 0 aromatic heterocycles.